The zero-order chi connectivity index (χ0) is 9.14. The summed E-state index contributed by atoms with van der Waals surface area (Å²) >= 11 is 0. The van der Waals surface area contributed by atoms with Crippen LogP contribution in [0.3, 0.4) is 0 Å². The zero-order valence-corrected chi connectivity index (χ0v) is 8.84. The molecule has 0 bridgehead atoms. The minimum absolute atomic E-state index is 0. The van der Waals surface area contributed by atoms with Crippen LogP contribution in [0.2, 0.25) is 0 Å². The van der Waals surface area contributed by atoms with Crippen LogP contribution >= 0.6 is 12.4 Å². The van der Waals surface area contributed by atoms with E-state index in [0.29, 0.717) is 0 Å². The molecule has 0 radical (unpaired) electrons. The molecule has 0 aliphatic carbocycles. The maximum atomic E-state index is 10.8. The number of carbonyl (C=O) groups is 1. The molecule has 0 saturated carbocycles. The Bertz CT molecular complexity index is 178. The van der Waals surface area contributed by atoms with Gasteiger partial charge in [0.2, 0.25) is 5.91 Å². The van der Waals surface area contributed by atoms with Crippen LogP contribution in [0.15, 0.2) is 0 Å². The normalized spacial score (nSPS) is 25.2. The molecule has 5 heteroatoms. The molecular weight excluding hydrogens is 192 g/mol. The number of likely N-dealkylation sites (tertiary alicyclic amines) is 1. The lowest BCUT2D eigenvalue weighted by Crippen LogP contribution is -2.41. The third-order valence-corrected chi connectivity index (χ3v) is 2.47. The summed E-state index contributed by atoms with van der Waals surface area (Å²) in [6.45, 7) is 3.56. The Balaban J connectivity index is 0.00000144. The van der Waals surface area contributed by atoms with Crippen LogP contribution in [0.4, 0.5) is 0 Å². The van der Waals surface area contributed by atoms with Crippen molar-refractivity contribution in [3.05, 3.63) is 0 Å². The summed E-state index contributed by atoms with van der Waals surface area (Å²) in [5.41, 5.74) is 5.18. The van der Waals surface area contributed by atoms with E-state index in [4.69, 9.17) is 10.5 Å². The number of nitrogens with two attached hydrogens (primary N) is 1. The number of amides is 1. The first-order valence-electron chi connectivity index (χ1n) is 4.21. The van der Waals surface area contributed by atoms with Crippen molar-refractivity contribution in [1.29, 1.82) is 0 Å². The fourth-order valence-electron chi connectivity index (χ4n) is 1.48. The molecular formula is C8H17ClN2O2. The summed E-state index contributed by atoms with van der Waals surface area (Å²) in [4.78, 5) is 12.9. The van der Waals surface area contributed by atoms with Gasteiger partial charge in [-0.15, -0.1) is 12.4 Å². The third-order valence-electron chi connectivity index (χ3n) is 2.47. The fourth-order valence-corrected chi connectivity index (χ4v) is 1.48. The second-order valence-electron chi connectivity index (χ2n) is 3.22. The van der Waals surface area contributed by atoms with Gasteiger partial charge in [-0.1, -0.05) is 0 Å². The van der Waals surface area contributed by atoms with Gasteiger partial charge in [-0.05, 0) is 13.3 Å². The molecule has 2 atom stereocenters. The van der Waals surface area contributed by atoms with Gasteiger partial charge in [-0.25, -0.2) is 0 Å². The Hall–Kier alpha value is -0.320. The molecule has 78 valence electrons. The first-order chi connectivity index (χ1) is 5.65. The summed E-state index contributed by atoms with van der Waals surface area (Å²) in [6.07, 6.45) is 1.26. The predicted octanol–water partition coefficient (Wildman–Crippen LogP) is 0.00270. The van der Waals surface area contributed by atoms with Crippen molar-refractivity contribution in [3.8, 4) is 0 Å². The highest BCUT2D eigenvalue weighted by atomic mass is 35.5. The topological polar surface area (TPSA) is 55.6 Å². The van der Waals surface area contributed by atoms with E-state index < -0.39 is 0 Å². The second kappa shape index (κ2) is 5.42. The van der Waals surface area contributed by atoms with E-state index in [2.05, 4.69) is 4.90 Å². The summed E-state index contributed by atoms with van der Waals surface area (Å²) < 4.78 is 5.18. The van der Waals surface area contributed by atoms with Crippen LogP contribution in [-0.2, 0) is 9.53 Å². The minimum Gasteiger partial charge on any atom is -0.380 e. The fraction of sp³-hybridized carbons (Fsp3) is 0.875. The number of hydrogen-bond donors (Lipinski definition) is 1. The zero-order valence-electron chi connectivity index (χ0n) is 8.03. The van der Waals surface area contributed by atoms with Crippen molar-refractivity contribution in [2.24, 2.45) is 5.73 Å². The number of nitrogens with zero attached hydrogens (tertiary/aromatic N) is 1. The smallest absolute Gasteiger partial charge is 0.234 e. The predicted molar refractivity (Wildman–Crippen MR) is 52.9 cm³/mol. The van der Waals surface area contributed by atoms with Crippen LogP contribution in [-0.4, -0.2) is 43.2 Å². The standard InChI is InChI=1S/C8H16N2O2.ClH/c1-6(8(9)11)10-4-3-7(5-10)12-2;/h6-7H,3-5H2,1-2H3,(H2,9,11);1H/t6?,7-;/m1./s1. The van der Waals surface area contributed by atoms with Crippen LogP contribution in [0.1, 0.15) is 13.3 Å². The molecule has 0 aromatic carbocycles. The van der Waals surface area contributed by atoms with Gasteiger partial charge in [-0.2, -0.15) is 0 Å². The average molecular weight is 209 g/mol. The van der Waals surface area contributed by atoms with Gasteiger partial charge < -0.3 is 10.5 Å². The maximum Gasteiger partial charge on any atom is 0.234 e. The van der Waals surface area contributed by atoms with Gasteiger partial charge in [0.25, 0.3) is 0 Å². The van der Waals surface area contributed by atoms with E-state index in [0.717, 1.165) is 19.5 Å². The lowest BCUT2D eigenvalue weighted by molar-refractivity contribution is -0.122. The first-order valence-corrected chi connectivity index (χ1v) is 4.21. The molecule has 0 aromatic heterocycles. The average Bonchev–Trinajstić information content (AvgIpc) is 2.50. The molecule has 1 unspecified atom stereocenters. The minimum atomic E-state index is -0.258. The Morgan fingerprint density at radius 3 is 2.69 bits per heavy atom. The highest BCUT2D eigenvalue weighted by Gasteiger charge is 2.27. The van der Waals surface area contributed by atoms with Crippen LogP contribution in [0.25, 0.3) is 0 Å². The van der Waals surface area contributed by atoms with Crippen molar-refractivity contribution in [2.75, 3.05) is 20.2 Å². The van der Waals surface area contributed by atoms with E-state index in [1.54, 1.807) is 7.11 Å². The van der Waals surface area contributed by atoms with Crippen molar-refractivity contribution < 1.29 is 9.53 Å². The van der Waals surface area contributed by atoms with Gasteiger partial charge in [0, 0.05) is 20.2 Å². The van der Waals surface area contributed by atoms with E-state index in [-0.39, 0.29) is 30.5 Å². The van der Waals surface area contributed by atoms with Crippen LogP contribution < -0.4 is 5.73 Å². The number of methoxy groups -OCH3 is 1. The Morgan fingerprint density at radius 2 is 2.31 bits per heavy atom. The van der Waals surface area contributed by atoms with Gasteiger partial charge in [0.1, 0.15) is 0 Å². The Kier molecular flexibility index (Phi) is 5.29. The molecule has 1 saturated heterocycles. The molecule has 2 N–H and O–H groups in total. The van der Waals surface area contributed by atoms with Crippen molar-refractivity contribution in [2.45, 2.75) is 25.5 Å². The highest BCUT2D eigenvalue weighted by Crippen LogP contribution is 2.14. The van der Waals surface area contributed by atoms with Crippen molar-refractivity contribution >= 4 is 18.3 Å². The maximum absolute atomic E-state index is 10.8. The molecule has 1 amide bonds. The number of hydrogen-bond acceptors (Lipinski definition) is 3. The second-order valence-corrected chi connectivity index (χ2v) is 3.22. The third kappa shape index (κ3) is 3.14. The molecule has 1 aliphatic heterocycles. The Labute approximate surface area is 84.8 Å². The molecule has 1 fully saturated rings. The van der Waals surface area contributed by atoms with Gasteiger partial charge in [0.15, 0.2) is 0 Å². The van der Waals surface area contributed by atoms with Crippen LogP contribution in [0, 0.1) is 0 Å². The number of primary amides is 1. The Morgan fingerprint density at radius 1 is 1.69 bits per heavy atom. The molecule has 0 aromatic rings. The van der Waals surface area contributed by atoms with Crippen molar-refractivity contribution in [1.82, 2.24) is 4.90 Å². The molecule has 1 rings (SSSR count). The quantitative estimate of drug-likeness (QED) is 0.711. The molecule has 0 spiro atoms. The van der Waals surface area contributed by atoms with Crippen molar-refractivity contribution in [3.63, 3.8) is 0 Å². The summed E-state index contributed by atoms with van der Waals surface area (Å²) in [7, 11) is 1.70. The summed E-state index contributed by atoms with van der Waals surface area (Å²) in [5.74, 6) is -0.258. The van der Waals surface area contributed by atoms with E-state index >= 15 is 0 Å². The highest BCUT2D eigenvalue weighted by molar-refractivity contribution is 5.85. The van der Waals surface area contributed by atoms with Gasteiger partial charge in [-0.3, -0.25) is 9.69 Å². The number of ether oxygens (including phenoxy) is 1. The summed E-state index contributed by atoms with van der Waals surface area (Å²) in [5, 5.41) is 0. The number of carbonyl (C=O) groups excluding carboxylic acids is 1. The monoisotopic (exact) mass is 208 g/mol. The van der Waals surface area contributed by atoms with Gasteiger partial charge in [0.05, 0.1) is 12.1 Å². The lowest BCUT2D eigenvalue weighted by Gasteiger charge is -2.20. The van der Waals surface area contributed by atoms with E-state index in [1.165, 1.54) is 0 Å². The largest absolute Gasteiger partial charge is 0.380 e. The lowest BCUT2D eigenvalue weighted by atomic mass is 10.3. The molecule has 13 heavy (non-hydrogen) atoms. The first kappa shape index (κ1) is 12.7. The number of rotatable bonds is 3. The van der Waals surface area contributed by atoms with Gasteiger partial charge >= 0.3 is 0 Å². The van der Waals surface area contributed by atoms with E-state index in [1.807, 2.05) is 6.92 Å². The van der Waals surface area contributed by atoms with Crippen LogP contribution in [0.5, 0.6) is 0 Å². The molecule has 1 aliphatic rings. The number of halogens is 1. The molecule has 4 nitrogen and oxygen atoms in total. The van der Waals surface area contributed by atoms with E-state index in [9.17, 15) is 4.79 Å². The summed E-state index contributed by atoms with van der Waals surface area (Å²) in [6, 6.07) is -0.162. The SMILES string of the molecule is CO[C@@H]1CCN(C(C)C(N)=O)C1.Cl. The molecule has 1 heterocycles.